The fourth-order valence-electron chi connectivity index (χ4n) is 0.805. The predicted octanol–water partition coefficient (Wildman–Crippen LogP) is 1.82. The van der Waals surface area contributed by atoms with Crippen molar-refractivity contribution in [2.45, 2.75) is 13.0 Å². The molecule has 1 rings (SSSR count). The number of hydrogen-bond donors (Lipinski definition) is 2. The van der Waals surface area contributed by atoms with Crippen LogP contribution in [0.2, 0.25) is 0 Å². The smallest absolute Gasteiger partial charge is 0.284 e. The second kappa shape index (κ2) is 4.14. The van der Waals surface area contributed by atoms with Crippen molar-refractivity contribution in [3.63, 3.8) is 0 Å². The second-order valence-corrected chi connectivity index (χ2v) is 3.32. The standard InChI is InChI=1S/C7H6F2INO2/c8-6(9)5-4(13)1-3(2-12)7(10)11-5/h1,6,12-13H,2H2. The largest absolute Gasteiger partial charge is 0.506 e. The van der Waals surface area contributed by atoms with Crippen molar-refractivity contribution in [2.24, 2.45) is 0 Å². The quantitative estimate of drug-likeness (QED) is 0.647. The molecule has 72 valence electrons. The minimum absolute atomic E-state index is 0.271. The maximum Gasteiger partial charge on any atom is 0.284 e. The topological polar surface area (TPSA) is 53.4 Å². The molecule has 0 amide bonds. The summed E-state index contributed by atoms with van der Waals surface area (Å²) in [5.74, 6) is -0.584. The van der Waals surface area contributed by atoms with Gasteiger partial charge in [-0.05, 0) is 28.7 Å². The summed E-state index contributed by atoms with van der Waals surface area (Å²) in [5, 5.41) is 17.8. The van der Waals surface area contributed by atoms with Crippen LogP contribution in [0.3, 0.4) is 0 Å². The van der Waals surface area contributed by atoms with E-state index in [1.807, 2.05) is 0 Å². The van der Waals surface area contributed by atoms with Crippen LogP contribution in [0.25, 0.3) is 0 Å². The Morgan fingerprint density at radius 1 is 1.54 bits per heavy atom. The van der Waals surface area contributed by atoms with E-state index in [1.165, 1.54) is 0 Å². The van der Waals surface area contributed by atoms with Gasteiger partial charge in [-0.15, -0.1) is 0 Å². The monoisotopic (exact) mass is 301 g/mol. The Morgan fingerprint density at radius 3 is 2.62 bits per heavy atom. The lowest BCUT2D eigenvalue weighted by atomic mass is 10.2. The van der Waals surface area contributed by atoms with Gasteiger partial charge in [0.1, 0.15) is 15.1 Å². The Hall–Kier alpha value is -0.500. The molecule has 0 unspecified atom stereocenters. The molecule has 0 spiro atoms. The van der Waals surface area contributed by atoms with Crippen LogP contribution in [0.15, 0.2) is 6.07 Å². The van der Waals surface area contributed by atoms with Crippen molar-refractivity contribution in [3.05, 3.63) is 21.0 Å². The van der Waals surface area contributed by atoms with Gasteiger partial charge in [0.25, 0.3) is 6.43 Å². The van der Waals surface area contributed by atoms with Crippen LogP contribution in [0.1, 0.15) is 17.7 Å². The number of hydrogen-bond acceptors (Lipinski definition) is 3. The van der Waals surface area contributed by atoms with Gasteiger partial charge in [0.2, 0.25) is 0 Å². The number of rotatable bonds is 2. The van der Waals surface area contributed by atoms with E-state index >= 15 is 0 Å². The number of alkyl halides is 2. The van der Waals surface area contributed by atoms with E-state index in [2.05, 4.69) is 4.98 Å². The van der Waals surface area contributed by atoms with E-state index < -0.39 is 17.9 Å². The van der Waals surface area contributed by atoms with Gasteiger partial charge in [-0.1, -0.05) is 0 Å². The van der Waals surface area contributed by atoms with Crippen molar-refractivity contribution in [3.8, 4) is 5.75 Å². The van der Waals surface area contributed by atoms with E-state index in [0.29, 0.717) is 5.56 Å². The molecule has 0 saturated heterocycles. The maximum atomic E-state index is 12.2. The summed E-state index contributed by atoms with van der Waals surface area (Å²) in [6.45, 7) is -0.331. The van der Waals surface area contributed by atoms with Crippen molar-refractivity contribution in [2.75, 3.05) is 0 Å². The van der Waals surface area contributed by atoms with Crippen LogP contribution in [0, 0.1) is 3.70 Å². The number of aromatic nitrogens is 1. The van der Waals surface area contributed by atoms with E-state index in [0.717, 1.165) is 6.07 Å². The van der Waals surface area contributed by atoms with E-state index in [-0.39, 0.29) is 10.3 Å². The van der Waals surface area contributed by atoms with Gasteiger partial charge in [-0.2, -0.15) is 0 Å². The van der Waals surface area contributed by atoms with Gasteiger partial charge in [-0.25, -0.2) is 13.8 Å². The highest BCUT2D eigenvalue weighted by Gasteiger charge is 2.16. The second-order valence-electron chi connectivity index (χ2n) is 2.30. The van der Waals surface area contributed by atoms with Crippen LogP contribution in [-0.2, 0) is 6.61 Å². The van der Waals surface area contributed by atoms with Gasteiger partial charge in [0, 0.05) is 5.56 Å². The molecule has 1 heterocycles. The van der Waals surface area contributed by atoms with Gasteiger partial charge >= 0.3 is 0 Å². The molecule has 6 heteroatoms. The summed E-state index contributed by atoms with van der Waals surface area (Å²) >= 11 is 1.72. The highest BCUT2D eigenvalue weighted by Crippen LogP contribution is 2.28. The van der Waals surface area contributed by atoms with E-state index in [1.54, 1.807) is 22.6 Å². The van der Waals surface area contributed by atoms with Crippen molar-refractivity contribution < 1.29 is 19.0 Å². The third-order valence-corrected chi connectivity index (χ3v) is 2.37. The first-order valence-electron chi connectivity index (χ1n) is 3.33. The van der Waals surface area contributed by atoms with Crippen LogP contribution in [-0.4, -0.2) is 15.2 Å². The summed E-state index contributed by atoms with van der Waals surface area (Å²) in [7, 11) is 0. The predicted molar refractivity (Wildman–Crippen MR) is 49.5 cm³/mol. The average molecular weight is 301 g/mol. The first kappa shape index (κ1) is 10.6. The molecule has 13 heavy (non-hydrogen) atoms. The van der Waals surface area contributed by atoms with Gasteiger partial charge in [0.15, 0.2) is 0 Å². The molecule has 0 atom stereocenters. The normalized spacial score (nSPS) is 10.8. The van der Waals surface area contributed by atoms with Gasteiger partial charge in [-0.3, -0.25) is 0 Å². The number of aliphatic hydroxyl groups is 1. The molecule has 0 saturated carbocycles. The van der Waals surface area contributed by atoms with Crippen LogP contribution in [0.4, 0.5) is 8.78 Å². The lowest BCUT2D eigenvalue weighted by Gasteiger charge is -2.06. The molecular weight excluding hydrogens is 295 g/mol. The maximum absolute atomic E-state index is 12.2. The number of halogens is 3. The van der Waals surface area contributed by atoms with E-state index in [9.17, 15) is 8.78 Å². The molecule has 3 nitrogen and oxygen atoms in total. The summed E-state index contributed by atoms with van der Waals surface area (Å²) in [4.78, 5) is 3.47. The van der Waals surface area contributed by atoms with Gasteiger partial charge in [0.05, 0.1) is 6.61 Å². The van der Waals surface area contributed by atoms with Crippen molar-refractivity contribution in [1.82, 2.24) is 4.98 Å². The molecule has 1 aromatic rings. The minimum Gasteiger partial charge on any atom is -0.506 e. The Labute approximate surface area is 86.6 Å². The molecule has 0 aliphatic rings. The molecule has 2 N–H and O–H groups in total. The molecule has 0 bridgehead atoms. The molecule has 0 radical (unpaired) electrons. The number of aliphatic hydroxyl groups excluding tert-OH is 1. The van der Waals surface area contributed by atoms with Crippen molar-refractivity contribution in [1.29, 1.82) is 0 Å². The Kier molecular flexibility index (Phi) is 3.37. The molecular formula is C7H6F2INO2. The lowest BCUT2D eigenvalue weighted by molar-refractivity contribution is 0.141. The third-order valence-electron chi connectivity index (χ3n) is 1.43. The minimum atomic E-state index is -2.80. The Morgan fingerprint density at radius 2 is 2.15 bits per heavy atom. The van der Waals surface area contributed by atoms with Gasteiger partial charge < -0.3 is 10.2 Å². The SMILES string of the molecule is OCc1cc(O)c(C(F)F)nc1I. The molecule has 1 aromatic heterocycles. The fourth-order valence-corrected chi connectivity index (χ4v) is 1.39. The zero-order valence-electron chi connectivity index (χ0n) is 6.34. The summed E-state index contributed by atoms with van der Waals surface area (Å²) in [6.07, 6.45) is -2.80. The Balaban J connectivity index is 3.20. The van der Waals surface area contributed by atoms with Crippen molar-refractivity contribution >= 4 is 22.6 Å². The fraction of sp³-hybridized carbons (Fsp3) is 0.286. The zero-order valence-corrected chi connectivity index (χ0v) is 8.49. The average Bonchev–Trinajstić information content (AvgIpc) is 2.07. The molecule has 0 aliphatic heterocycles. The number of pyridine rings is 1. The van der Waals surface area contributed by atoms with Crippen LogP contribution < -0.4 is 0 Å². The highest BCUT2D eigenvalue weighted by atomic mass is 127. The Bertz CT molecular complexity index is 320. The lowest BCUT2D eigenvalue weighted by Crippen LogP contribution is -1.98. The summed E-state index contributed by atoms with van der Waals surface area (Å²) in [5.41, 5.74) is -0.316. The zero-order chi connectivity index (χ0) is 10.0. The molecule has 0 fully saturated rings. The third kappa shape index (κ3) is 2.25. The van der Waals surface area contributed by atoms with E-state index in [4.69, 9.17) is 10.2 Å². The highest BCUT2D eigenvalue weighted by molar-refractivity contribution is 14.1. The first-order valence-corrected chi connectivity index (χ1v) is 4.41. The number of aromatic hydroxyl groups is 1. The van der Waals surface area contributed by atoms with Crippen LogP contribution in [0.5, 0.6) is 5.75 Å². The summed E-state index contributed by atoms with van der Waals surface area (Å²) < 4.78 is 24.6. The number of nitrogens with zero attached hydrogens (tertiary/aromatic N) is 1. The first-order chi connectivity index (χ1) is 6.06. The van der Waals surface area contributed by atoms with Crippen LogP contribution >= 0.6 is 22.6 Å². The summed E-state index contributed by atoms with van der Waals surface area (Å²) in [6, 6.07) is 1.09. The molecule has 0 aliphatic carbocycles. The molecule has 0 aromatic carbocycles.